The Bertz CT molecular complexity index is 882. The molecule has 0 fully saturated rings. The highest BCUT2D eigenvalue weighted by molar-refractivity contribution is 9.10. The van der Waals surface area contributed by atoms with E-state index in [9.17, 15) is 4.79 Å². The monoisotopic (exact) mass is 431 g/mol. The number of carbonyl (C=O) groups is 1. The van der Waals surface area contributed by atoms with Gasteiger partial charge in [-0.3, -0.25) is 9.78 Å². The van der Waals surface area contributed by atoms with Gasteiger partial charge in [0.15, 0.2) is 11.0 Å². The van der Waals surface area contributed by atoms with E-state index >= 15 is 0 Å². The van der Waals surface area contributed by atoms with E-state index in [4.69, 9.17) is 0 Å². The molecule has 0 unspecified atom stereocenters. The Balaban J connectivity index is 1.73. The van der Waals surface area contributed by atoms with E-state index in [-0.39, 0.29) is 11.2 Å². The molecular formula is C18H18BrN5OS. The largest absolute Gasteiger partial charge is 0.325 e. The minimum Gasteiger partial charge on any atom is -0.325 e. The lowest BCUT2D eigenvalue weighted by molar-refractivity contribution is -0.115. The van der Waals surface area contributed by atoms with Crippen molar-refractivity contribution < 1.29 is 4.79 Å². The molecule has 3 rings (SSSR count). The van der Waals surface area contributed by atoms with Gasteiger partial charge in [0.2, 0.25) is 5.91 Å². The number of nitrogens with zero attached hydrogens (tertiary/aromatic N) is 4. The fourth-order valence-corrected chi connectivity index (χ4v) is 3.56. The van der Waals surface area contributed by atoms with Crippen molar-refractivity contribution >= 4 is 39.3 Å². The van der Waals surface area contributed by atoms with E-state index in [1.807, 2.05) is 54.9 Å². The number of aromatic nitrogens is 4. The molecule has 1 atom stereocenters. The summed E-state index contributed by atoms with van der Waals surface area (Å²) in [5, 5.41) is 11.9. The molecule has 1 N–H and O–H groups in total. The zero-order chi connectivity index (χ0) is 18.5. The molecule has 0 saturated heterocycles. The van der Waals surface area contributed by atoms with Gasteiger partial charge in [0.05, 0.1) is 5.25 Å². The zero-order valence-electron chi connectivity index (χ0n) is 14.4. The van der Waals surface area contributed by atoms with E-state index in [1.165, 1.54) is 11.8 Å². The van der Waals surface area contributed by atoms with Crippen LogP contribution in [0.2, 0.25) is 0 Å². The Labute approximate surface area is 164 Å². The normalized spacial score (nSPS) is 12.0. The molecule has 2 heterocycles. The highest BCUT2D eigenvalue weighted by atomic mass is 79.9. The van der Waals surface area contributed by atoms with Crippen molar-refractivity contribution in [3.8, 4) is 11.4 Å². The Morgan fingerprint density at radius 1 is 1.19 bits per heavy atom. The molecule has 1 aromatic carbocycles. The summed E-state index contributed by atoms with van der Waals surface area (Å²) in [6.07, 6.45) is 4.12. The number of pyridine rings is 1. The molecule has 0 spiro atoms. The van der Waals surface area contributed by atoms with Gasteiger partial charge in [-0.15, -0.1) is 10.2 Å². The lowest BCUT2D eigenvalue weighted by atomic mass is 10.2. The number of anilines is 1. The van der Waals surface area contributed by atoms with Crippen molar-refractivity contribution in [3.05, 3.63) is 53.3 Å². The lowest BCUT2D eigenvalue weighted by Gasteiger charge is -2.14. The van der Waals surface area contributed by atoms with Crippen molar-refractivity contribution in [1.29, 1.82) is 0 Å². The quantitative estimate of drug-likeness (QED) is 0.593. The van der Waals surface area contributed by atoms with Crippen molar-refractivity contribution in [2.45, 2.75) is 23.8 Å². The van der Waals surface area contributed by atoms with Crippen LogP contribution >= 0.6 is 27.7 Å². The third kappa shape index (κ3) is 4.31. The van der Waals surface area contributed by atoms with Crippen LogP contribution in [-0.4, -0.2) is 30.9 Å². The molecule has 0 aliphatic heterocycles. The molecule has 2 aromatic heterocycles. The van der Waals surface area contributed by atoms with Gasteiger partial charge in [-0.25, -0.2) is 0 Å². The number of hydrogen-bond acceptors (Lipinski definition) is 5. The zero-order valence-corrected chi connectivity index (χ0v) is 16.8. The maximum Gasteiger partial charge on any atom is 0.237 e. The molecule has 0 radical (unpaired) electrons. The molecule has 134 valence electrons. The molecule has 8 heteroatoms. The van der Waals surface area contributed by atoms with Crippen LogP contribution in [0.3, 0.4) is 0 Å². The van der Waals surface area contributed by atoms with E-state index in [0.29, 0.717) is 11.6 Å². The smallest absolute Gasteiger partial charge is 0.237 e. The minimum absolute atomic E-state index is 0.0479. The molecule has 3 aromatic rings. The summed E-state index contributed by atoms with van der Waals surface area (Å²) < 4.78 is 2.87. The topological polar surface area (TPSA) is 72.7 Å². The molecule has 1 amide bonds. The van der Waals surface area contributed by atoms with Crippen molar-refractivity contribution in [1.82, 2.24) is 19.7 Å². The first-order valence-electron chi connectivity index (χ1n) is 8.11. The number of hydrogen-bond donors (Lipinski definition) is 1. The van der Waals surface area contributed by atoms with Crippen LogP contribution in [0.15, 0.2) is 58.4 Å². The van der Waals surface area contributed by atoms with Crippen molar-refractivity contribution in [2.75, 3.05) is 5.32 Å². The van der Waals surface area contributed by atoms with Gasteiger partial charge >= 0.3 is 0 Å². The molecular weight excluding hydrogens is 414 g/mol. The standard InChI is InChI=1S/C18H18BrN5OS/c1-3-15(17(25)21-14-6-4-13(19)5-7-14)26-18-23-22-16(24(18)2)12-8-10-20-11-9-12/h4-11,15H,3H2,1-2H3,(H,21,25)/t15-/m0/s1. The fourth-order valence-electron chi connectivity index (χ4n) is 2.38. The van der Waals surface area contributed by atoms with Crippen LogP contribution < -0.4 is 5.32 Å². The minimum atomic E-state index is -0.258. The number of carbonyl (C=O) groups excluding carboxylic acids is 1. The predicted octanol–water partition coefficient (Wildman–Crippen LogP) is 4.15. The maximum absolute atomic E-state index is 12.6. The number of thioether (sulfide) groups is 1. The second kappa shape index (κ2) is 8.46. The van der Waals surface area contributed by atoms with Crippen LogP contribution in [0, 0.1) is 0 Å². The fraction of sp³-hybridized carbons (Fsp3) is 0.222. The summed E-state index contributed by atoms with van der Waals surface area (Å²) in [5.74, 6) is 0.700. The van der Waals surface area contributed by atoms with Gasteiger partial charge in [-0.2, -0.15) is 0 Å². The second-order valence-corrected chi connectivity index (χ2v) is 7.70. The number of rotatable bonds is 6. The van der Waals surface area contributed by atoms with Gasteiger partial charge < -0.3 is 9.88 Å². The average molecular weight is 432 g/mol. The number of amides is 1. The second-order valence-electron chi connectivity index (χ2n) is 5.61. The summed E-state index contributed by atoms with van der Waals surface area (Å²) >= 11 is 4.80. The van der Waals surface area contributed by atoms with Gasteiger partial charge in [0.1, 0.15) is 0 Å². The molecule has 0 bridgehead atoms. The first-order valence-corrected chi connectivity index (χ1v) is 9.78. The Morgan fingerprint density at radius 3 is 2.54 bits per heavy atom. The molecule has 0 aliphatic carbocycles. The van der Waals surface area contributed by atoms with Gasteiger partial charge in [0, 0.05) is 35.2 Å². The predicted molar refractivity (Wildman–Crippen MR) is 107 cm³/mol. The van der Waals surface area contributed by atoms with E-state index in [0.717, 1.165) is 21.5 Å². The Morgan fingerprint density at radius 2 is 1.88 bits per heavy atom. The summed E-state index contributed by atoms with van der Waals surface area (Å²) in [4.78, 5) is 16.6. The Kier molecular flexibility index (Phi) is 6.05. The summed E-state index contributed by atoms with van der Waals surface area (Å²) in [5.41, 5.74) is 1.71. The van der Waals surface area contributed by atoms with Gasteiger partial charge in [-0.05, 0) is 42.8 Å². The molecule has 0 aliphatic rings. The van der Waals surface area contributed by atoms with Gasteiger partial charge in [-0.1, -0.05) is 34.6 Å². The molecule has 26 heavy (non-hydrogen) atoms. The van der Waals surface area contributed by atoms with Crippen molar-refractivity contribution in [2.24, 2.45) is 7.05 Å². The molecule has 0 saturated carbocycles. The van der Waals surface area contributed by atoms with Crippen LogP contribution in [0.25, 0.3) is 11.4 Å². The van der Waals surface area contributed by atoms with E-state index < -0.39 is 0 Å². The highest BCUT2D eigenvalue weighted by Gasteiger charge is 2.22. The first kappa shape index (κ1) is 18.6. The summed E-state index contributed by atoms with van der Waals surface area (Å²) in [7, 11) is 1.90. The van der Waals surface area contributed by atoms with Crippen LogP contribution in [0.5, 0.6) is 0 Å². The maximum atomic E-state index is 12.6. The summed E-state index contributed by atoms with van der Waals surface area (Å²) in [6, 6.07) is 11.3. The number of nitrogens with one attached hydrogen (secondary N) is 1. The lowest BCUT2D eigenvalue weighted by Crippen LogP contribution is -2.25. The SMILES string of the molecule is CC[C@H](Sc1nnc(-c2ccncc2)n1C)C(=O)Nc1ccc(Br)cc1. The van der Waals surface area contributed by atoms with Crippen LogP contribution in [0.1, 0.15) is 13.3 Å². The summed E-state index contributed by atoms with van der Waals surface area (Å²) in [6.45, 7) is 1.99. The van der Waals surface area contributed by atoms with E-state index in [1.54, 1.807) is 12.4 Å². The first-order chi connectivity index (χ1) is 12.6. The van der Waals surface area contributed by atoms with Gasteiger partial charge in [0.25, 0.3) is 0 Å². The average Bonchev–Trinajstić information content (AvgIpc) is 3.02. The Hall–Kier alpha value is -2.19. The number of benzene rings is 1. The third-order valence-corrected chi connectivity index (χ3v) is 5.72. The van der Waals surface area contributed by atoms with E-state index in [2.05, 4.69) is 36.4 Å². The number of halogens is 1. The highest BCUT2D eigenvalue weighted by Crippen LogP contribution is 2.28. The molecule has 6 nitrogen and oxygen atoms in total. The third-order valence-electron chi connectivity index (χ3n) is 3.80. The van der Waals surface area contributed by atoms with Crippen LogP contribution in [0.4, 0.5) is 5.69 Å². The van der Waals surface area contributed by atoms with Crippen molar-refractivity contribution in [3.63, 3.8) is 0 Å². The van der Waals surface area contributed by atoms with Crippen LogP contribution in [-0.2, 0) is 11.8 Å².